The number of aromatic nitrogens is 2. The summed E-state index contributed by atoms with van der Waals surface area (Å²) in [7, 11) is -3.62. The van der Waals surface area contributed by atoms with Gasteiger partial charge in [-0.05, 0) is 24.6 Å². The van der Waals surface area contributed by atoms with E-state index in [-0.39, 0.29) is 17.6 Å². The van der Waals surface area contributed by atoms with Gasteiger partial charge in [0.25, 0.3) is 5.91 Å². The van der Waals surface area contributed by atoms with E-state index in [1.165, 1.54) is 6.92 Å². The number of amides is 1. The van der Waals surface area contributed by atoms with Gasteiger partial charge in [-0.2, -0.15) is 0 Å². The van der Waals surface area contributed by atoms with Crippen molar-refractivity contribution in [2.75, 3.05) is 5.75 Å². The zero-order valence-corrected chi connectivity index (χ0v) is 16.4. The van der Waals surface area contributed by atoms with Crippen molar-refractivity contribution in [3.05, 3.63) is 77.2 Å². The van der Waals surface area contributed by atoms with Crippen LogP contribution in [0.4, 0.5) is 0 Å². The van der Waals surface area contributed by atoms with Crippen LogP contribution in [0.3, 0.4) is 0 Å². The number of aryl methyl sites for hydroxylation is 1. The number of rotatable bonds is 7. The quantitative estimate of drug-likeness (QED) is 0.655. The van der Waals surface area contributed by atoms with Crippen molar-refractivity contribution in [1.82, 2.24) is 15.5 Å². The Morgan fingerprint density at radius 3 is 2.54 bits per heavy atom. The smallest absolute Gasteiger partial charge is 0.335 e. The molecule has 28 heavy (non-hydrogen) atoms. The molecule has 1 N–H and O–H groups in total. The number of nitrogens with one attached hydrogen (secondary N) is 1. The summed E-state index contributed by atoms with van der Waals surface area (Å²) in [5, 5.41) is 9.98. The average Bonchev–Trinajstić information content (AvgIpc) is 3.19. The van der Waals surface area contributed by atoms with Crippen molar-refractivity contribution in [2.24, 2.45) is 0 Å². The molecule has 1 heterocycles. The molecular weight excluding hydrogens is 378 g/mol. The molecule has 0 fully saturated rings. The molecule has 0 aliphatic heterocycles. The third-order valence-corrected chi connectivity index (χ3v) is 5.69. The summed E-state index contributed by atoms with van der Waals surface area (Å²) < 4.78 is 29.4. The van der Waals surface area contributed by atoms with Crippen molar-refractivity contribution >= 4 is 15.7 Å². The lowest BCUT2D eigenvalue weighted by Crippen LogP contribution is -2.30. The van der Waals surface area contributed by atoms with E-state index in [4.69, 9.17) is 4.42 Å². The zero-order valence-electron chi connectivity index (χ0n) is 15.6. The molecule has 7 nitrogen and oxygen atoms in total. The molecule has 146 valence electrons. The molecule has 3 rings (SSSR count). The number of nitrogens with zero attached hydrogens (tertiary/aromatic N) is 2. The molecular formula is C20H21N3O4S. The molecule has 1 amide bonds. The summed E-state index contributed by atoms with van der Waals surface area (Å²) in [5.41, 5.74) is 2.40. The molecule has 0 aliphatic carbocycles. The number of sulfone groups is 1. The summed E-state index contributed by atoms with van der Waals surface area (Å²) in [4.78, 5) is 12.7. The van der Waals surface area contributed by atoms with Gasteiger partial charge >= 0.3 is 5.22 Å². The minimum atomic E-state index is -3.62. The Morgan fingerprint density at radius 1 is 1.11 bits per heavy atom. The normalized spacial score (nSPS) is 12.5. The summed E-state index contributed by atoms with van der Waals surface area (Å²) in [6, 6.07) is 16.0. The molecule has 1 aromatic heterocycles. The zero-order chi connectivity index (χ0) is 20.1. The van der Waals surface area contributed by atoms with E-state index in [9.17, 15) is 13.2 Å². The Balaban J connectivity index is 1.90. The molecule has 0 bridgehead atoms. The monoisotopic (exact) mass is 399 g/mol. The largest absolute Gasteiger partial charge is 0.410 e. The van der Waals surface area contributed by atoms with Gasteiger partial charge < -0.3 is 9.73 Å². The first kappa shape index (κ1) is 19.8. The Bertz CT molecular complexity index is 1060. The van der Waals surface area contributed by atoms with Gasteiger partial charge in [-0.3, -0.25) is 4.79 Å². The minimum Gasteiger partial charge on any atom is -0.410 e. The van der Waals surface area contributed by atoms with E-state index >= 15 is 0 Å². The van der Waals surface area contributed by atoms with Gasteiger partial charge in [0.2, 0.25) is 15.7 Å². The van der Waals surface area contributed by atoms with Crippen LogP contribution in [0.1, 0.15) is 40.3 Å². The summed E-state index contributed by atoms with van der Waals surface area (Å²) in [6.07, 6.45) is 0.381. The molecule has 8 heteroatoms. The number of carbonyl (C=O) groups excluding carboxylic acids is 1. The van der Waals surface area contributed by atoms with Crippen LogP contribution in [0.15, 0.2) is 64.2 Å². The third-order valence-electron chi connectivity index (χ3n) is 4.23. The average molecular weight is 399 g/mol. The summed E-state index contributed by atoms with van der Waals surface area (Å²) in [5.74, 6) is -0.396. The second-order valence-corrected chi connectivity index (χ2v) is 8.55. The van der Waals surface area contributed by atoms with Gasteiger partial charge in [0, 0.05) is 12.0 Å². The Labute approximate surface area is 163 Å². The number of hydrogen-bond acceptors (Lipinski definition) is 6. The van der Waals surface area contributed by atoms with E-state index < -0.39 is 21.1 Å². The first-order valence-electron chi connectivity index (χ1n) is 8.86. The highest BCUT2D eigenvalue weighted by atomic mass is 32.2. The fourth-order valence-electron chi connectivity index (χ4n) is 2.69. The van der Waals surface area contributed by atoms with Crippen molar-refractivity contribution < 1.29 is 17.6 Å². The minimum absolute atomic E-state index is 0.0527. The van der Waals surface area contributed by atoms with Crippen molar-refractivity contribution in [3.63, 3.8) is 0 Å². The van der Waals surface area contributed by atoms with Gasteiger partial charge in [-0.1, -0.05) is 60.1 Å². The van der Waals surface area contributed by atoms with E-state index in [1.807, 2.05) is 43.3 Å². The van der Waals surface area contributed by atoms with E-state index in [0.29, 0.717) is 12.0 Å². The lowest BCUT2D eigenvalue weighted by molar-refractivity contribution is 0.0929. The predicted octanol–water partition coefficient (Wildman–Crippen LogP) is 2.89. The number of hydrogen-bond donors (Lipinski definition) is 1. The molecule has 0 aliphatic rings. The molecule has 2 aromatic carbocycles. The van der Waals surface area contributed by atoms with Crippen LogP contribution in [-0.4, -0.2) is 30.3 Å². The van der Waals surface area contributed by atoms with Gasteiger partial charge in [-0.25, -0.2) is 8.42 Å². The maximum atomic E-state index is 12.7. The van der Waals surface area contributed by atoms with Crippen molar-refractivity contribution in [3.8, 4) is 0 Å². The van der Waals surface area contributed by atoms with Gasteiger partial charge in [0.05, 0.1) is 5.75 Å². The van der Waals surface area contributed by atoms with Crippen molar-refractivity contribution in [1.29, 1.82) is 0 Å². The first-order chi connectivity index (χ1) is 13.4. The standard InChI is InChI=1S/C20H21N3O4S/c1-3-28(25,26)20-23-22-19(27-20)17(13-15-9-5-4-6-10-15)21-18(24)16-11-7-8-14(2)12-16/h4-12,17H,3,13H2,1-2H3,(H,21,24)/t17-/m0/s1. The molecule has 1 atom stereocenters. The van der Waals surface area contributed by atoms with Crippen LogP contribution in [0.25, 0.3) is 0 Å². The number of carbonyl (C=O) groups is 1. The Hall–Kier alpha value is -3.00. The van der Waals surface area contributed by atoms with E-state index in [0.717, 1.165) is 11.1 Å². The third kappa shape index (κ3) is 4.64. The van der Waals surface area contributed by atoms with Crippen LogP contribution in [0.5, 0.6) is 0 Å². The molecule has 3 aromatic rings. The molecule has 0 unspecified atom stereocenters. The Morgan fingerprint density at radius 2 is 1.86 bits per heavy atom. The summed E-state index contributed by atoms with van der Waals surface area (Å²) in [6.45, 7) is 3.40. The topological polar surface area (TPSA) is 102 Å². The lowest BCUT2D eigenvalue weighted by Gasteiger charge is -2.15. The van der Waals surface area contributed by atoms with Crippen LogP contribution in [0, 0.1) is 6.92 Å². The van der Waals surface area contributed by atoms with Crippen LogP contribution in [0.2, 0.25) is 0 Å². The lowest BCUT2D eigenvalue weighted by atomic mass is 10.0. The van der Waals surface area contributed by atoms with E-state index in [1.54, 1.807) is 18.2 Å². The van der Waals surface area contributed by atoms with E-state index in [2.05, 4.69) is 15.5 Å². The second kappa shape index (κ2) is 8.35. The fourth-order valence-corrected chi connectivity index (χ4v) is 3.31. The van der Waals surface area contributed by atoms with Crippen LogP contribution >= 0.6 is 0 Å². The number of benzene rings is 2. The Kier molecular flexibility index (Phi) is 5.89. The molecule has 0 radical (unpaired) electrons. The first-order valence-corrected chi connectivity index (χ1v) is 10.5. The maximum Gasteiger partial charge on any atom is 0.335 e. The van der Waals surface area contributed by atoms with Gasteiger partial charge in [0.15, 0.2) is 0 Å². The fraction of sp³-hybridized carbons (Fsp3) is 0.250. The summed E-state index contributed by atoms with van der Waals surface area (Å²) >= 11 is 0. The van der Waals surface area contributed by atoms with Crippen LogP contribution in [-0.2, 0) is 16.3 Å². The molecule has 0 saturated heterocycles. The van der Waals surface area contributed by atoms with Gasteiger partial charge in [-0.15, -0.1) is 5.10 Å². The SMILES string of the molecule is CCS(=O)(=O)c1nnc([C@H](Cc2ccccc2)NC(=O)c2cccc(C)c2)o1. The van der Waals surface area contributed by atoms with Crippen molar-refractivity contribution in [2.45, 2.75) is 31.5 Å². The highest BCUT2D eigenvalue weighted by molar-refractivity contribution is 7.91. The van der Waals surface area contributed by atoms with Crippen LogP contribution < -0.4 is 5.32 Å². The molecule has 0 saturated carbocycles. The highest BCUT2D eigenvalue weighted by Crippen LogP contribution is 2.20. The molecule has 0 spiro atoms. The predicted molar refractivity (Wildman–Crippen MR) is 104 cm³/mol. The second-order valence-electron chi connectivity index (χ2n) is 6.39. The van der Waals surface area contributed by atoms with Gasteiger partial charge in [0.1, 0.15) is 6.04 Å². The maximum absolute atomic E-state index is 12.7. The highest BCUT2D eigenvalue weighted by Gasteiger charge is 2.26.